The molecule has 0 fully saturated rings. The normalized spacial score (nSPS) is 11.5. The SMILES string of the molecule is Cc1cc(-c2nc3c4c(Cl)cccc4ncn3n2)n[nH]1. The number of rotatable bonds is 1. The minimum Gasteiger partial charge on any atom is -0.282 e. The number of benzene rings is 1. The summed E-state index contributed by atoms with van der Waals surface area (Å²) in [4.78, 5) is 8.86. The van der Waals surface area contributed by atoms with Crippen LogP contribution in [-0.4, -0.2) is 29.8 Å². The molecule has 1 aromatic carbocycles. The number of aromatic nitrogens is 6. The van der Waals surface area contributed by atoms with E-state index in [0.717, 1.165) is 16.6 Å². The molecule has 1 N–H and O–H groups in total. The summed E-state index contributed by atoms with van der Waals surface area (Å²) in [5, 5.41) is 12.8. The molecule has 0 saturated heterocycles. The molecule has 0 radical (unpaired) electrons. The molecule has 0 aliphatic rings. The zero-order valence-corrected chi connectivity index (χ0v) is 11.3. The molecular formula is C13H9ClN6. The van der Waals surface area contributed by atoms with Crippen molar-refractivity contribution in [2.45, 2.75) is 6.92 Å². The Morgan fingerprint density at radius 3 is 3.00 bits per heavy atom. The van der Waals surface area contributed by atoms with Gasteiger partial charge in [-0.3, -0.25) is 5.10 Å². The first-order valence-electron chi connectivity index (χ1n) is 6.04. The molecule has 98 valence electrons. The third-order valence-electron chi connectivity index (χ3n) is 3.09. The fourth-order valence-electron chi connectivity index (χ4n) is 2.17. The Morgan fingerprint density at radius 1 is 1.30 bits per heavy atom. The van der Waals surface area contributed by atoms with Gasteiger partial charge >= 0.3 is 0 Å². The van der Waals surface area contributed by atoms with Crippen LogP contribution >= 0.6 is 11.6 Å². The molecule has 0 spiro atoms. The summed E-state index contributed by atoms with van der Waals surface area (Å²) in [7, 11) is 0. The van der Waals surface area contributed by atoms with Crippen LogP contribution in [0.15, 0.2) is 30.6 Å². The zero-order valence-electron chi connectivity index (χ0n) is 10.5. The van der Waals surface area contributed by atoms with Crippen molar-refractivity contribution in [3.8, 4) is 11.5 Å². The number of hydrogen-bond donors (Lipinski definition) is 1. The number of aromatic amines is 1. The highest BCUT2D eigenvalue weighted by Gasteiger charge is 2.13. The molecule has 0 unspecified atom stereocenters. The number of hydrogen-bond acceptors (Lipinski definition) is 4. The van der Waals surface area contributed by atoms with Gasteiger partial charge in [0.25, 0.3) is 0 Å². The van der Waals surface area contributed by atoms with Gasteiger partial charge in [0.05, 0.1) is 15.9 Å². The second kappa shape index (κ2) is 4.01. The van der Waals surface area contributed by atoms with Gasteiger partial charge in [0.2, 0.25) is 5.82 Å². The maximum absolute atomic E-state index is 6.25. The van der Waals surface area contributed by atoms with E-state index in [1.165, 1.54) is 0 Å². The number of fused-ring (bicyclic) bond motifs is 3. The van der Waals surface area contributed by atoms with E-state index in [4.69, 9.17) is 11.6 Å². The summed E-state index contributed by atoms with van der Waals surface area (Å²) < 4.78 is 1.62. The van der Waals surface area contributed by atoms with Gasteiger partial charge in [-0.15, -0.1) is 5.10 Å². The number of H-pyrrole nitrogens is 1. The van der Waals surface area contributed by atoms with Gasteiger partial charge in [-0.25, -0.2) is 14.5 Å². The Morgan fingerprint density at radius 2 is 2.20 bits per heavy atom. The third-order valence-corrected chi connectivity index (χ3v) is 3.40. The minimum atomic E-state index is 0.545. The smallest absolute Gasteiger partial charge is 0.202 e. The van der Waals surface area contributed by atoms with Crippen molar-refractivity contribution in [3.63, 3.8) is 0 Å². The maximum atomic E-state index is 6.25. The van der Waals surface area contributed by atoms with E-state index in [-0.39, 0.29) is 0 Å². The van der Waals surface area contributed by atoms with Crippen LogP contribution in [0.3, 0.4) is 0 Å². The lowest BCUT2D eigenvalue weighted by molar-refractivity contribution is 0.932. The summed E-state index contributed by atoms with van der Waals surface area (Å²) in [5.41, 5.74) is 3.13. The van der Waals surface area contributed by atoms with E-state index in [2.05, 4.69) is 25.3 Å². The number of nitrogens with one attached hydrogen (secondary N) is 1. The Labute approximate surface area is 118 Å². The van der Waals surface area contributed by atoms with E-state index in [9.17, 15) is 0 Å². The summed E-state index contributed by atoms with van der Waals surface area (Å²) >= 11 is 6.25. The highest BCUT2D eigenvalue weighted by molar-refractivity contribution is 6.36. The first-order chi connectivity index (χ1) is 9.72. The van der Waals surface area contributed by atoms with E-state index >= 15 is 0 Å². The highest BCUT2D eigenvalue weighted by atomic mass is 35.5. The summed E-state index contributed by atoms with van der Waals surface area (Å²) in [6, 6.07) is 7.47. The van der Waals surface area contributed by atoms with E-state index in [1.807, 2.05) is 31.2 Å². The van der Waals surface area contributed by atoms with E-state index < -0.39 is 0 Å². The van der Waals surface area contributed by atoms with Crippen molar-refractivity contribution in [1.29, 1.82) is 0 Å². The van der Waals surface area contributed by atoms with Gasteiger partial charge in [0.1, 0.15) is 12.0 Å². The quantitative estimate of drug-likeness (QED) is 0.583. The second-order valence-corrected chi connectivity index (χ2v) is 4.93. The summed E-state index contributed by atoms with van der Waals surface area (Å²) in [6.07, 6.45) is 1.63. The monoisotopic (exact) mass is 284 g/mol. The molecule has 4 aromatic rings. The van der Waals surface area contributed by atoms with Crippen LogP contribution in [0.25, 0.3) is 28.1 Å². The molecule has 0 amide bonds. The summed E-state index contributed by atoms with van der Waals surface area (Å²) in [5.74, 6) is 0.545. The van der Waals surface area contributed by atoms with Crippen molar-refractivity contribution in [2.24, 2.45) is 0 Å². The predicted molar refractivity (Wildman–Crippen MR) is 75.6 cm³/mol. The fraction of sp³-hybridized carbons (Fsp3) is 0.0769. The van der Waals surface area contributed by atoms with Crippen molar-refractivity contribution in [2.75, 3.05) is 0 Å². The number of halogens is 1. The van der Waals surface area contributed by atoms with Gasteiger partial charge in [0.15, 0.2) is 5.65 Å². The lowest BCUT2D eigenvalue weighted by atomic mass is 10.2. The van der Waals surface area contributed by atoms with Crippen LogP contribution in [0.1, 0.15) is 5.69 Å². The standard InChI is InChI=1S/C13H9ClN6/c1-7-5-10(18-17-7)12-16-13-11-8(14)3-2-4-9(11)15-6-20(13)19-12/h2-6H,1H3,(H,17,18). The predicted octanol–water partition coefficient (Wildman–Crippen LogP) is 2.63. The van der Waals surface area contributed by atoms with Gasteiger partial charge in [0, 0.05) is 5.69 Å². The molecule has 3 aromatic heterocycles. The van der Waals surface area contributed by atoms with Crippen molar-refractivity contribution >= 4 is 28.2 Å². The van der Waals surface area contributed by atoms with Gasteiger partial charge < -0.3 is 0 Å². The summed E-state index contributed by atoms with van der Waals surface area (Å²) in [6.45, 7) is 1.93. The maximum Gasteiger partial charge on any atom is 0.202 e. The molecule has 7 heteroatoms. The van der Waals surface area contributed by atoms with E-state index in [1.54, 1.807) is 10.8 Å². The molecule has 6 nitrogen and oxygen atoms in total. The topological polar surface area (TPSA) is 71.8 Å². The Bertz CT molecular complexity index is 938. The average Bonchev–Trinajstić information content (AvgIpc) is 3.04. The van der Waals surface area contributed by atoms with Crippen molar-refractivity contribution < 1.29 is 0 Å². The molecule has 0 bridgehead atoms. The largest absolute Gasteiger partial charge is 0.282 e. The van der Waals surface area contributed by atoms with Crippen LogP contribution in [0.4, 0.5) is 0 Å². The molecule has 3 heterocycles. The van der Waals surface area contributed by atoms with Crippen LogP contribution < -0.4 is 0 Å². The van der Waals surface area contributed by atoms with E-state index in [0.29, 0.717) is 22.2 Å². The third kappa shape index (κ3) is 1.58. The first kappa shape index (κ1) is 11.4. The lowest BCUT2D eigenvalue weighted by Crippen LogP contribution is -1.91. The van der Waals surface area contributed by atoms with Gasteiger partial charge in [-0.1, -0.05) is 17.7 Å². The van der Waals surface area contributed by atoms with Crippen LogP contribution in [0.2, 0.25) is 5.02 Å². The van der Waals surface area contributed by atoms with Crippen LogP contribution in [0, 0.1) is 6.92 Å². The Kier molecular flexibility index (Phi) is 2.28. The van der Waals surface area contributed by atoms with Gasteiger partial charge in [-0.2, -0.15) is 5.10 Å². The molecule has 0 aliphatic heterocycles. The second-order valence-electron chi connectivity index (χ2n) is 4.52. The van der Waals surface area contributed by atoms with Gasteiger partial charge in [-0.05, 0) is 25.1 Å². The molecule has 0 saturated carbocycles. The Balaban J connectivity index is 2.06. The molecular weight excluding hydrogens is 276 g/mol. The molecule has 4 rings (SSSR count). The molecule has 0 aliphatic carbocycles. The molecule has 0 atom stereocenters. The molecule has 20 heavy (non-hydrogen) atoms. The van der Waals surface area contributed by atoms with Crippen LogP contribution in [0.5, 0.6) is 0 Å². The van der Waals surface area contributed by atoms with Crippen molar-refractivity contribution in [3.05, 3.63) is 41.3 Å². The lowest BCUT2D eigenvalue weighted by Gasteiger charge is -1.99. The fourth-order valence-corrected chi connectivity index (χ4v) is 2.43. The van der Waals surface area contributed by atoms with Crippen molar-refractivity contribution in [1.82, 2.24) is 29.8 Å². The number of aryl methyl sites for hydroxylation is 1. The number of nitrogens with zero attached hydrogens (tertiary/aromatic N) is 5. The first-order valence-corrected chi connectivity index (χ1v) is 6.42. The zero-order chi connectivity index (χ0) is 13.7. The minimum absolute atomic E-state index is 0.545. The average molecular weight is 285 g/mol. The highest BCUT2D eigenvalue weighted by Crippen LogP contribution is 2.26. The Hall–Kier alpha value is -2.47. The van der Waals surface area contributed by atoms with Crippen LogP contribution in [-0.2, 0) is 0 Å².